The van der Waals surface area contributed by atoms with Crippen molar-refractivity contribution in [3.8, 4) is 0 Å². The van der Waals surface area contributed by atoms with Crippen molar-refractivity contribution in [1.29, 1.82) is 0 Å². The van der Waals surface area contributed by atoms with Crippen LogP contribution in [0.15, 0.2) is 101 Å². The fourth-order valence-corrected chi connectivity index (χ4v) is 7.03. The van der Waals surface area contributed by atoms with Gasteiger partial charge in [-0.15, -0.1) is 11.3 Å². The maximum absolute atomic E-state index is 6.56. The summed E-state index contributed by atoms with van der Waals surface area (Å²) in [4.78, 5) is 5.19. The fourth-order valence-electron chi connectivity index (χ4n) is 5.92. The summed E-state index contributed by atoms with van der Waals surface area (Å²) in [7, 11) is 0. The molecule has 0 N–H and O–H groups in total. The van der Waals surface area contributed by atoms with E-state index in [0.717, 1.165) is 49.5 Å². The number of para-hydroxylation sites is 3. The van der Waals surface area contributed by atoms with E-state index in [1.54, 1.807) is 0 Å². The number of imidazole rings is 1. The van der Waals surface area contributed by atoms with Crippen molar-refractivity contribution < 1.29 is 4.42 Å². The zero-order chi connectivity index (χ0) is 22.7. The highest BCUT2D eigenvalue weighted by atomic mass is 32.1. The average molecular weight is 465 g/mol. The average Bonchev–Trinajstić information content (AvgIpc) is 3.59. The van der Waals surface area contributed by atoms with Gasteiger partial charge in [-0.3, -0.25) is 4.40 Å². The van der Waals surface area contributed by atoms with E-state index in [9.17, 15) is 0 Å². The highest BCUT2D eigenvalue weighted by molar-refractivity contribution is 7.26. The van der Waals surface area contributed by atoms with Gasteiger partial charge >= 0.3 is 0 Å². The molecular weight excluding hydrogens is 448 g/mol. The van der Waals surface area contributed by atoms with E-state index in [0.29, 0.717) is 0 Å². The number of thiophene rings is 1. The maximum atomic E-state index is 6.56. The van der Waals surface area contributed by atoms with Gasteiger partial charge in [0.05, 0.1) is 16.6 Å². The Balaban J connectivity index is 1.69. The Kier molecular flexibility index (Phi) is 3.17. The molecule has 0 fully saturated rings. The van der Waals surface area contributed by atoms with Crippen LogP contribution < -0.4 is 0 Å². The minimum absolute atomic E-state index is 0.917. The Morgan fingerprint density at radius 3 is 2.34 bits per heavy atom. The zero-order valence-electron chi connectivity index (χ0n) is 18.4. The van der Waals surface area contributed by atoms with Gasteiger partial charge in [-0.05, 0) is 47.9 Å². The first-order valence-corrected chi connectivity index (χ1v) is 12.6. The molecule has 0 aliphatic rings. The quantitative estimate of drug-likeness (QED) is 0.210. The maximum Gasteiger partial charge on any atom is 0.147 e. The number of furan rings is 1. The molecule has 3 nitrogen and oxygen atoms in total. The van der Waals surface area contributed by atoms with Crippen molar-refractivity contribution in [2.24, 2.45) is 0 Å². The van der Waals surface area contributed by atoms with E-state index in [4.69, 9.17) is 9.40 Å². The van der Waals surface area contributed by atoms with Gasteiger partial charge in [-0.25, -0.2) is 4.98 Å². The molecule has 0 saturated carbocycles. The fraction of sp³-hybridized carbons (Fsp3) is 0. The van der Waals surface area contributed by atoms with Crippen LogP contribution in [0.1, 0.15) is 0 Å². The molecule has 0 amide bonds. The smallest absolute Gasteiger partial charge is 0.147 e. The molecule has 0 spiro atoms. The third kappa shape index (κ3) is 2.14. The summed E-state index contributed by atoms with van der Waals surface area (Å²) in [6.45, 7) is 0. The first-order chi connectivity index (χ1) is 17.4. The predicted octanol–water partition coefficient (Wildman–Crippen LogP) is 9.06. The molecule has 0 bridgehead atoms. The lowest BCUT2D eigenvalue weighted by molar-refractivity contribution is 0.673. The summed E-state index contributed by atoms with van der Waals surface area (Å²) >= 11 is 1.84. The monoisotopic (exact) mass is 464 g/mol. The van der Waals surface area contributed by atoms with Crippen molar-refractivity contribution >= 4 is 91.8 Å². The second-order valence-electron chi connectivity index (χ2n) is 9.15. The van der Waals surface area contributed by atoms with E-state index in [1.807, 2.05) is 17.4 Å². The van der Waals surface area contributed by atoms with E-state index in [2.05, 4.69) is 95.4 Å². The van der Waals surface area contributed by atoms with Gasteiger partial charge in [0.15, 0.2) is 0 Å². The summed E-state index contributed by atoms with van der Waals surface area (Å²) in [5, 5.41) is 8.37. The standard InChI is InChI=1S/C31H16N2OS/c1-5-11-24-17(7-1)18-13-15-23-27(30(18)34-24)20-14-16-26-28(19-8-2-6-12-25(19)35-26)29(20)31-32-21-9-3-4-10-22(21)33(23)31/h1-16H. The van der Waals surface area contributed by atoms with E-state index in [-0.39, 0.29) is 0 Å². The number of nitrogens with zero attached hydrogens (tertiary/aromatic N) is 2. The molecule has 4 aromatic heterocycles. The number of fused-ring (bicyclic) bond motifs is 16. The van der Waals surface area contributed by atoms with Gasteiger partial charge in [0.25, 0.3) is 0 Å². The van der Waals surface area contributed by atoms with Crippen molar-refractivity contribution in [2.45, 2.75) is 0 Å². The summed E-state index contributed by atoms with van der Waals surface area (Å²) in [6.07, 6.45) is 0. The minimum atomic E-state index is 0.917. The number of pyridine rings is 1. The van der Waals surface area contributed by atoms with Crippen LogP contribution in [0.3, 0.4) is 0 Å². The lowest BCUT2D eigenvalue weighted by atomic mass is 9.99. The molecule has 4 heterocycles. The summed E-state index contributed by atoms with van der Waals surface area (Å²) in [6, 6.07) is 34.4. The molecule has 0 atom stereocenters. The normalized spacial score (nSPS) is 12.6. The predicted molar refractivity (Wildman–Crippen MR) is 148 cm³/mol. The van der Waals surface area contributed by atoms with Crippen LogP contribution in [-0.4, -0.2) is 9.38 Å². The molecule has 162 valence electrons. The molecule has 5 aromatic carbocycles. The summed E-state index contributed by atoms with van der Waals surface area (Å²) < 4.78 is 11.5. The molecular formula is C31H16N2OS. The second-order valence-corrected chi connectivity index (χ2v) is 10.2. The number of hydrogen-bond donors (Lipinski definition) is 0. The van der Waals surface area contributed by atoms with Gasteiger partial charge in [-0.1, -0.05) is 54.6 Å². The SMILES string of the molecule is c1ccc2c(c1)nc1c3c(ccc4sc5ccccc5c43)c3c4oc5ccccc5c4ccc3n21. The van der Waals surface area contributed by atoms with Gasteiger partial charge < -0.3 is 4.42 Å². The zero-order valence-corrected chi connectivity index (χ0v) is 19.3. The van der Waals surface area contributed by atoms with Crippen LogP contribution in [0, 0.1) is 0 Å². The van der Waals surface area contributed by atoms with Crippen molar-refractivity contribution in [2.75, 3.05) is 0 Å². The minimum Gasteiger partial charge on any atom is -0.455 e. The number of hydrogen-bond acceptors (Lipinski definition) is 3. The Bertz CT molecular complexity index is 2330. The highest BCUT2D eigenvalue weighted by Crippen LogP contribution is 2.45. The van der Waals surface area contributed by atoms with E-state index < -0.39 is 0 Å². The van der Waals surface area contributed by atoms with Gasteiger partial charge in [0.1, 0.15) is 16.8 Å². The molecule has 0 saturated heterocycles. The van der Waals surface area contributed by atoms with Gasteiger partial charge in [0, 0.05) is 41.7 Å². The van der Waals surface area contributed by atoms with Gasteiger partial charge in [0.2, 0.25) is 0 Å². The van der Waals surface area contributed by atoms with Gasteiger partial charge in [-0.2, -0.15) is 0 Å². The van der Waals surface area contributed by atoms with E-state index in [1.165, 1.54) is 30.9 Å². The molecule has 4 heteroatoms. The Labute approximate surface area is 202 Å². The number of rotatable bonds is 0. The van der Waals surface area contributed by atoms with Crippen LogP contribution in [0.25, 0.3) is 80.5 Å². The highest BCUT2D eigenvalue weighted by Gasteiger charge is 2.21. The third-order valence-corrected chi connectivity index (χ3v) is 8.50. The second kappa shape index (κ2) is 6.17. The molecule has 35 heavy (non-hydrogen) atoms. The molecule has 9 aromatic rings. The molecule has 0 aliphatic heterocycles. The first-order valence-electron chi connectivity index (χ1n) is 11.7. The lowest BCUT2D eigenvalue weighted by Gasteiger charge is -2.11. The largest absolute Gasteiger partial charge is 0.455 e. The topological polar surface area (TPSA) is 30.4 Å². The van der Waals surface area contributed by atoms with Crippen molar-refractivity contribution in [3.05, 3.63) is 97.1 Å². The van der Waals surface area contributed by atoms with Crippen LogP contribution in [0.2, 0.25) is 0 Å². The number of aromatic nitrogens is 2. The van der Waals surface area contributed by atoms with Crippen molar-refractivity contribution in [3.63, 3.8) is 0 Å². The lowest BCUT2D eigenvalue weighted by Crippen LogP contribution is -1.92. The van der Waals surface area contributed by atoms with Crippen LogP contribution in [0.5, 0.6) is 0 Å². The molecule has 0 aliphatic carbocycles. The van der Waals surface area contributed by atoms with E-state index >= 15 is 0 Å². The Morgan fingerprint density at radius 1 is 0.571 bits per heavy atom. The van der Waals surface area contributed by atoms with Crippen LogP contribution >= 0.6 is 11.3 Å². The van der Waals surface area contributed by atoms with Crippen LogP contribution in [0.4, 0.5) is 0 Å². The molecule has 9 rings (SSSR count). The van der Waals surface area contributed by atoms with Crippen LogP contribution in [-0.2, 0) is 0 Å². The molecule has 0 unspecified atom stereocenters. The third-order valence-electron chi connectivity index (χ3n) is 7.36. The summed E-state index contributed by atoms with van der Waals surface area (Å²) in [5.41, 5.74) is 6.09. The summed E-state index contributed by atoms with van der Waals surface area (Å²) in [5.74, 6) is 0. The first kappa shape index (κ1) is 18.0. The molecule has 0 radical (unpaired) electrons. The Hall–Kier alpha value is -4.41. The van der Waals surface area contributed by atoms with Crippen molar-refractivity contribution in [1.82, 2.24) is 9.38 Å². The number of benzene rings is 5. The Morgan fingerprint density at radius 2 is 1.37 bits per heavy atom.